The van der Waals surface area contributed by atoms with Gasteiger partial charge in [-0.3, -0.25) is 13.9 Å². The lowest BCUT2D eigenvalue weighted by atomic mass is 10.1. The maximum absolute atomic E-state index is 13.4. The Bertz CT molecular complexity index is 1130. The second-order valence-electron chi connectivity index (χ2n) is 7.71. The molecule has 0 unspecified atom stereocenters. The highest BCUT2D eigenvalue weighted by molar-refractivity contribution is 7.92. The van der Waals surface area contributed by atoms with E-state index in [2.05, 4.69) is 5.32 Å². The van der Waals surface area contributed by atoms with Crippen LogP contribution in [0.5, 0.6) is 5.75 Å². The molecule has 2 aromatic rings. The minimum absolute atomic E-state index is 0.0705. The molecule has 11 heteroatoms. The van der Waals surface area contributed by atoms with Gasteiger partial charge in [0.2, 0.25) is 21.8 Å². The summed E-state index contributed by atoms with van der Waals surface area (Å²) in [4.78, 5) is 27.5. The van der Waals surface area contributed by atoms with Crippen LogP contribution >= 0.6 is 23.2 Å². The first-order valence-corrected chi connectivity index (χ1v) is 13.2. The number of nitrogens with one attached hydrogen (secondary N) is 1. The molecule has 2 aromatic carbocycles. The molecule has 34 heavy (non-hydrogen) atoms. The highest BCUT2D eigenvalue weighted by Gasteiger charge is 2.30. The summed E-state index contributed by atoms with van der Waals surface area (Å²) in [7, 11) is -2.42. The summed E-state index contributed by atoms with van der Waals surface area (Å²) in [5.41, 5.74) is 0.904. The molecule has 0 radical (unpaired) electrons. The number of ether oxygens (including phenoxy) is 1. The van der Waals surface area contributed by atoms with Gasteiger partial charge in [-0.05, 0) is 49.2 Å². The molecule has 186 valence electrons. The number of carbonyl (C=O) groups excluding carboxylic acids is 2. The van der Waals surface area contributed by atoms with Crippen LogP contribution in [0.15, 0.2) is 42.5 Å². The van der Waals surface area contributed by atoms with E-state index >= 15 is 0 Å². The van der Waals surface area contributed by atoms with Gasteiger partial charge in [-0.1, -0.05) is 42.3 Å². The molecule has 0 aliphatic rings. The van der Waals surface area contributed by atoms with Crippen LogP contribution in [0.3, 0.4) is 0 Å². The van der Waals surface area contributed by atoms with Gasteiger partial charge < -0.3 is 15.0 Å². The zero-order valence-corrected chi connectivity index (χ0v) is 21.9. The van der Waals surface area contributed by atoms with Crippen LogP contribution in [-0.4, -0.2) is 57.6 Å². The van der Waals surface area contributed by atoms with Crippen molar-refractivity contribution in [3.63, 3.8) is 0 Å². The maximum Gasteiger partial charge on any atom is 0.244 e. The van der Waals surface area contributed by atoms with Crippen LogP contribution in [0.4, 0.5) is 5.69 Å². The zero-order valence-electron chi connectivity index (χ0n) is 19.5. The lowest BCUT2D eigenvalue weighted by Crippen LogP contribution is -2.51. The number of hydrogen-bond acceptors (Lipinski definition) is 5. The molecular formula is C23H29Cl2N3O5S. The normalized spacial score (nSPS) is 12.1. The monoisotopic (exact) mass is 529 g/mol. The Morgan fingerprint density at radius 2 is 1.85 bits per heavy atom. The third-order valence-corrected chi connectivity index (χ3v) is 6.73. The second kappa shape index (κ2) is 12.3. The lowest BCUT2D eigenvalue weighted by Gasteiger charge is -2.31. The van der Waals surface area contributed by atoms with Crippen LogP contribution in [-0.2, 0) is 26.2 Å². The average molecular weight is 530 g/mol. The van der Waals surface area contributed by atoms with E-state index in [1.165, 1.54) is 30.2 Å². The molecule has 0 bridgehead atoms. The molecule has 2 rings (SSSR count). The molecule has 0 spiro atoms. The van der Waals surface area contributed by atoms with Crippen molar-refractivity contribution in [1.29, 1.82) is 0 Å². The number of rotatable bonds is 11. The molecular weight excluding hydrogens is 501 g/mol. The standard InChI is InChI=1S/C23H29Cl2N3O5S/c1-5-11-26-23(30)16(2)27(14-17-7-6-8-18(24)12-17)22(29)15-28(34(4,31)32)19-9-10-21(33-3)20(25)13-19/h6-10,12-13,16H,5,11,14-15H2,1-4H3,(H,26,30)/t16-/m0/s1. The quantitative estimate of drug-likeness (QED) is 0.478. The number of nitrogens with zero attached hydrogens (tertiary/aromatic N) is 2. The molecule has 0 saturated heterocycles. The molecule has 1 atom stereocenters. The molecule has 0 aliphatic carbocycles. The third-order valence-electron chi connectivity index (χ3n) is 5.06. The lowest BCUT2D eigenvalue weighted by molar-refractivity contribution is -0.139. The Morgan fingerprint density at radius 3 is 2.41 bits per heavy atom. The Labute approximate surface area is 210 Å². The van der Waals surface area contributed by atoms with E-state index in [-0.39, 0.29) is 23.2 Å². The van der Waals surface area contributed by atoms with Gasteiger partial charge in [0, 0.05) is 18.1 Å². The number of methoxy groups -OCH3 is 1. The summed E-state index contributed by atoms with van der Waals surface area (Å²) in [6.45, 7) is 3.53. The van der Waals surface area contributed by atoms with Crippen molar-refractivity contribution in [2.24, 2.45) is 0 Å². The van der Waals surface area contributed by atoms with Crippen molar-refractivity contribution in [3.8, 4) is 5.75 Å². The minimum atomic E-state index is -3.86. The van der Waals surface area contributed by atoms with Crippen LogP contribution in [0.2, 0.25) is 10.0 Å². The van der Waals surface area contributed by atoms with Gasteiger partial charge >= 0.3 is 0 Å². The number of sulfonamides is 1. The Balaban J connectivity index is 2.40. The Morgan fingerprint density at radius 1 is 1.15 bits per heavy atom. The topological polar surface area (TPSA) is 96.0 Å². The van der Waals surface area contributed by atoms with E-state index in [4.69, 9.17) is 27.9 Å². The van der Waals surface area contributed by atoms with Gasteiger partial charge in [-0.25, -0.2) is 8.42 Å². The summed E-state index contributed by atoms with van der Waals surface area (Å²) in [5.74, 6) is -0.527. The van der Waals surface area contributed by atoms with Crippen LogP contribution < -0.4 is 14.4 Å². The van der Waals surface area contributed by atoms with Gasteiger partial charge in [0.05, 0.1) is 24.1 Å². The number of halogens is 2. The van der Waals surface area contributed by atoms with E-state index in [1.54, 1.807) is 31.2 Å². The highest BCUT2D eigenvalue weighted by atomic mass is 35.5. The zero-order chi connectivity index (χ0) is 25.5. The van der Waals surface area contributed by atoms with Crippen LogP contribution in [0, 0.1) is 0 Å². The molecule has 0 aliphatic heterocycles. The van der Waals surface area contributed by atoms with E-state index in [0.717, 1.165) is 17.0 Å². The van der Waals surface area contributed by atoms with Crippen molar-refractivity contribution in [1.82, 2.24) is 10.2 Å². The Kier molecular flexibility index (Phi) is 10.0. The van der Waals surface area contributed by atoms with Gasteiger partial charge in [0.1, 0.15) is 18.3 Å². The minimum Gasteiger partial charge on any atom is -0.495 e. The first-order chi connectivity index (χ1) is 16.0. The fraction of sp³-hybridized carbons (Fsp3) is 0.391. The highest BCUT2D eigenvalue weighted by Crippen LogP contribution is 2.30. The van der Waals surface area contributed by atoms with E-state index in [1.807, 2.05) is 6.92 Å². The van der Waals surface area contributed by atoms with Crippen molar-refractivity contribution >= 4 is 50.7 Å². The number of benzene rings is 2. The number of amides is 2. The number of anilines is 1. The third kappa shape index (κ3) is 7.51. The molecule has 0 heterocycles. The fourth-order valence-electron chi connectivity index (χ4n) is 3.23. The van der Waals surface area contributed by atoms with Gasteiger partial charge in [0.25, 0.3) is 0 Å². The molecule has 1 N–H and O–H groups in total. The van der Waals surface area contributed by atoms with E-state index in [9.17, 15) is 18.0 Å². The van der Waals surface area contributed by atoms with E-state index < -0.39 is 28.5 Å². The summed E-state index contributed by atoms with van der Waals surface area (Å²) in [6.07, 6.45) is 1.73. The predicted molar refractivity (Wildman–Crippen MR) is 135 cm³/mol. The van der Waals surface area contributed by atoms with Crippen LogP contribution in [0.1, 0.15) is 25.8 Å². The summed E-state index contributed by atoms with van der Waals surface area (Å²) in [5, 5.41) is 3.46. The fourth-order valence-corrected chi connectivity index (χ4v) is 4.54. The molecule has 0 saturated carbocycles. The second-order valence-corrected chi connectivity index (χ2v) is 10.5. The van der Waals surface area contributed by atoms with Gasteiger partial charge in [-0.2, -0.15) is 0 Å². The first kappa shape index (κ1) is 27.8. The van der Waals surface area contributed by atoms with E-state index in [0.29, 0.717) is 22.9 Å². The number of carbonyl (C=O) groups is 2. The predicted octanol–water partition coefficient (Wildman–Crippen LogP) is 3.71. The van der Waals surface area contributed by atoms with Crippen molar-refractivity contribution in [3.05, 3.63) is 58.1 Å². The van der Waals surface area contributed by atoms with Gasteiger partial charge in [0.15, 0.2) is 0 Å². The van der Waals surface area contributed by atoms with Gasteiger partial charge in [-0.15, -0.1) is 0 Å². The molecule has 8 nitrogen and oxygen atoms in total. The maximum atomic E-state index is 13.4. The average Bonchev–Trinajstić information content (AvgIpc) is 2.78. The smallest absolute Gasteiger partial charge is 0.244 e. The van der Waals surface area contributed by atoms with Crippen LogP contribution in [0.25, 0.3) is 0 Å². The Hall–Kier alpha value is -2.49. The first-order valence-electron chi connectivity index (χ1n) is 10.6. The SMILES string of the molecule is CCCNC(=O)[C@H](C)N(Cc1cccc(Cl)c1)C(=O)CN(c1ccc(OC)c(Cl)c1)S(C)(=O)=O. The largest absolute Gasteiger partial charge is 0.495 e. The molecule has 0 fully saturated rings. The number of hydrogen-bond donors (Lipinski definition) is 1. The summed E-state index contributed by atoms with van der Waals surface area (Å²) < 4.78 is 31.2. The summed E-state index contributed by atoms with van der Waals surface area (Å²) >= 11 is 12.3. The van der Waals surface area contributed by atoms with Crippen molar-refractivity contribution in [2.75, 3.05) is 30.8 Å². The van der Waals surface area contributed by atoms with Crippen molar-refractivity contribution in [2.45, 2.75) is 32.9 Å². The molecule has 0 aromatic heterocycles. The van der Waals surface area contributed by atoms with Crippen molar-refractivity contribution < 1.29 is 22.7 Å². The summed E-state index contributed by atoms with van der Waals surface area (Å²) in [6, 6.07) is 10.5. The molecule has 2 amide bonds.